The van der Waals surface area contributed by atoms with E-state index in [2.05, 4.69) is 9.97 Å². The van der Waals surface area contributed by atoms with Crippen LogP contribution in [0.25, 0.3) is 0 Å². The fourth-order valence-corrected chi connectivity index (χ4v) is 4.12. The number of hydrogen-bond acceptors (Lipinski definition) is 7. The normalized spacial score (nSPS) is 12.2. The summed E-state index contributed by atoms with van der Waals surface area (Å²) in [7, 11) is -4.60. The Kier molecular flexibility index (Phi) is 6.48. The lowest BCUT2D eigenvalue weighted by molar-refractivity contribution is 0.0931. The molecule has 3 rings (SSSR count). The van der Waals surface area contributed by atoms with E-state index < -0.39 is 44.5 Å². The minimum Gasteiger partial charge on any atom is -0.459 e. The summed E-state index contributed by atoms with van der Waals surface area (Å²) in [6, 6.07) is 7.51. The highest BCUT2D eigenvalue weighted by atomic mass is 32.2. The molecule has 0 bridgehead atoms. The Morgan fingerprint density at radius 1 is 1.19 bits per heavy atom. The van der Waals surface area contributed by atoms with Gasteiger partial charge in [-0.15, -0.1) is 4.41 Å². The number of carbonyl (C=O) groups excluding carboxylic acids is 1. The third-order valence-electron chi connectivity index (χ3n) is 4.29. The molecule has 10 nitrogen and oxygen atoms in total. The Hall–Kier alpha value is -3.87. The number of hydrazine groups is 1. The van der Waals surface area contributed by atoms with Crippen molar-refractivity contribution in [3.63, 3.8) is 0 Å². The summed E-state index contributed by atoms with van der Waals surface area (Å²) in [5.74, 6) is -4.11. The van der Waals surface area contributed by atoms with E-state index in [0.717, 1.165) is 24.5 Å². The van der Waals surface area contributed by atoms with Crippen LogP contribution in [0.15, 0.2) is 59.5 Å². The molecule has 2 aromatic heterocycles. The maximum absolute atomic E-state index is 14.6. The van der Waals surface area contributed by atoms with Crippen LogP contribution in [0.5, 0.6) is 0 Å². The van der Waals surface area contributed by atoms with Gasteiger partial charge in [0.1, 0.15) is 17.3 Å². The summed E-state index contributed by atoms with van der Waals surface area (Å²) in [5, 5.41) is 6.95. The van der Waals surface area contributed by atoms with E-state index in [4.69, 9.17) is 15.6 Å². The number of furan rings is 1. The molecule has 1 atom stereocenters. The zero-order valence-electron chi connectivity index (χ0n) is 16.6. The molecule has 0 saturated carbocycles. The van der Waals surface area contributed by atoms with Crippen LogP contribution < -0.4 is 10.7 Å². The molecule has 32 heavy (non-hydrogen) atoms. The molecule has 2 heterocycles. The van der Waals surface area contributed by atoms with Gasteiger partial charge in [0.05, 0.1) is 23.9 Å². The number of aromatic nitrogens is 2. The van der Waals surface area contributed by atoms with Gasteiger partial charge in [-0.05, 0) is 31.2 Å². The molecule has 0 aliphatic carbocycles. The molecule has 168 valence electrons. The van der Waals surface area contributed by atoms with E-state index in [9.17, 15) is 22.0 Å². The highest BCUT2D eigenvalue weighted by Gasteiger charge is 2.40. The van der Waals surface area contributed by atoms with Crippen molar-refractivity contribution in [3.8, 4) is 0 Å². The van der Waals surface area contributed by atoms with Crippen molar-refractivity contribution in [3.05, 3.63) is 78.3 Å². The number of benzene rings is 1. The number of sulfonamides is 1. The van der Waals surface area contributed by atoms with Crippen molar-refractivity contribution in [2.75, 3.05) is 5.01 Å². The Bertz CT molecular complexity index is 1220. The summed E-state index contributed by atoms with van der Waals surface area (Å²) >= 11 is 0. The lowest BCUT2D eigenvalue weighted by Crippen LogP contribution is -2.58. The molecule has 1 amide bonds. The van der Waals surface area contributed by atoms with Crippen molar-refractivity contribution in [2.45, 2.75) is 18.6 Å². The SMILES string of the molecule is C[C@H](Cc1ncc(F)cn1)S(=O)(=O)N(C(=N)N)N(C(=O)c1ccco1)c1ccccc1F. The lowest BCUT2D eigenvalue weighted by Gasteiger charge is -2.35. The fraction of sp³-hybridized carbons (Fsp3) is 0.158. The van der Waals surface area contributed by atoms with Crippen LogP contribution in [0.4, 0.5) is 14.5 Å². The second-order valence-corrected chi connectivity index (χ2v) is 8.73. The van der Waals surface area contributed by atoms with Crippen LogP contribution in [0.3, 0.4) is 0 Å². The molecule has 1 aromatic carbocycles. The first-order chi connectivity index (χ1) is 15.1. The molecule has 3 aromatic rings. The third kappa shape index (κ3) is 4.56. The molecule has 13 heteroatoms. The Morgan fingerprint density at radius 3 is 2.41 bits per heavy atom. The van der Waals surface area contributed by atoms with Crippen molar-refractivity contribution in [1.29, 1.82) is 5.41 Å². The number of para-hydroxylation sites is 1. The van der Waals surface area contributed by atoms with Crippen LogP contribution in [-0.4, -0.2) is 39.9 Å². The molecule has 0 aliphatic rings. The highest BCUT2D eigenvalue weighted by molar-refractivity contribution is 7.90. The first-order valence-corrected chi connectivity index (χ1v) is 10.6. The minimum atomic E-state index is -4.60. The van der Waals surface area contributed by atoms with Crippen LogP contribution in [0.2, 0.25) is 0 Å². The van der Waals surface area contributed by atoms with E-state index in [1.807, 2.05) is 0 Å². The summed E-state index contributed by atoms with van der Waals surface area (Å²) < 4.78 is 59.7. The van der Waals surface area contributed by atoms with Crippen molar-refractivity contribution in [1.82, 2.24) is 14.4 Å². The largest absolute Gasteiger partial charge is 0.459 e. The topological polar surface area (TPSA) is 146 Å². The zero-order chi connectivity index (χ0) is 23.5. The number of rotatable bonds is 6. The van der Waals surface area contributed by atoms with E-state index >= 15 is 0 Å². The number of nitrogens with one attached hydrogen (secondary N) is 1. The smallest absolute Gasteiger partial charge is 0.313 e. The average molecular weight is 464 g/mol. The average Bonchev–Trinajstić information content (AvgIpc) is 3.28. The van der Waals surface area contributed by atoms with Gasteiger partial charge in [0.15, 0.2) is 11.6 Å². The number of guanidine groups is 1. The van der Waals surface area contributed by atoms with E-state index in [1.54, 1.807) is 0 Å². The number of amides is 1. The van der Waals surface area contributed by atoms with Crippen molar-refractivity contribution >= 4 is 27.6 Å². The lowest BCUT2D eigenvalue weighted by atomic mass is 10.3. The molecule has 0 spiro atoms. The van der Waals surface area contributed by atoms with Gasteiger partial charge in [0, 0.05) is 6.42 Å². The first kappa shape index (κ1) is 22.8. The molecule has 3 N–H and O–H groups in total. The van der Waals surface area contributed by atoms with Gasteiger partial charge >= 0.3 is 5.91 Å². The Balaban J connectivity index is 2.08. The van der Waals surface area contributed by atoms with Gasteiger partial charge < -0.3 is 10.2 Å². The Morgan fingerprint density at radius 2 is 1.84 bits per heavy atom. The van der Waals surface area contributed by atoms with Crippen LogP contribution in [-0.2, 0) is 16.4 Å². The van der Waals surface area contributed by atoms with Gasteiger partial charge in [-0.2, -0.15) is 5.01 Å². The number of nitrogens with two attached hydrogens (primary N) is 1. The Labute approximate surface area is 181 Å². The van der Waals surface area contributed by atoms with Crippen molar-refractivity contribution in [2.24, 2.45) is 5.73 Å². The number of halogens is 2. The van der Waals surface area contributed by atoms with Crippen LogP contribution in [0.1, 0.15) is 23.3 Å². The summed E-state index contributed by atoms with van der Waals surface area (Å²) in [5.41, 5.74) is 5.08. The van der Waals surface area contributed by atoms with Crippen LogP contribution >= 0.6 is 0 Å². The van der Waals surface area contributed by atoms with Gasteiger partial charge in [-0.1, -0.05) is 12.1 Å². The minimum absolute atomic E-state index is 0.000722. The number of carbonyl (C=O) groups is 1. The quantitative estimate of drug-likeness (QED) is 0.322. The summed E-state index contributed by atoms with van der Waals surface area (Å²) in [4.78, 5) is 20.5. The fourth-order valence-electron chi connectivity index (χ4n) is 2.75. The molecular formula is C19H18F2N6O4S. The van der Waals surface area contributed by atoms with Crippen LogP contribution in [0, 0.1) is 17.0 Å². The maximum atomic E-state index is 14.6. The van der Waals surface area contributed by atoms with Gasteiger partial charge in [-0.25, -0.2) is 27.2 Å². The van der Waals surface area contributed by atoms with E-state index in [-0.39, 0.29) is 22.4 Å². The van der Waals surface area contributed by atoms with E-state index in [1.165, 1.54) is 37.5 Å². The molecule has 0 saturated heterocycles. The van der Waals surface area contributed by atoms with Gasteiger partial charge in [-0.3, -0.25) is 10.2 Å². The van der Waals surface area contributed by atoms with Gasteiger partial charge in [0.25, 0.3) is 10.0 Å². The van der Waals surface area contributed by atoms with Gasteiger partial charge in [0.2, 0.25) is 5.96 Å². The summed E-state index contributed by atoms with van der Waals surface area (Å²) in [6.07, 6.45) is 2.62. The predicted molar refractivity (Wildman–Crippen MR) is 110 cm³/mol. The predicted octanol–water partition coefficient (Wildman–Crippen LogP) is 2.07. The molecule has 0 aliphatic heterocycles. The summed E-state index contributed by atoms with van der Waals surface area (Å²) in [6.45, 7) is 1.26. The number of hydrogen-bond donors (Lipinski definition) is 2. The van der Waals surface area contributed by atoms with Crippen molar-refractivity contribution < 1.29 is 26.4 Å². The molecular weight excluding hydrogens is 446 g/mol. The van der Waals surface area contributed by atoms with E-state index in [0.29, 0.717) is 5.01 Å². The standard InChI is InChI=1S/C19H18F2N6O4S/c1-12(9-17-24-10-13(20)11-25-17)32(29,30)27(19(22)23)26(15-6-3-2-5-14(15)21)18(28)16-7-4-8-31-16/h2-8,10-12H,9H2,1H3,(H3,22,23)/t12-/m1/s1. The monoisotopic (exact) mass is 464 g/mol. The zero-order valence-corrected chi connectivity index (χ0v) is 17.5. The molecule has 0 fully saturated rings. The molecule has 0 radical (unpaired) electrons. The third-order valence-corrected chi connectivity index (χ3v) is 6.31. The number of anilines is 1. The second-order valence-electron chi connectivity index (χ2n) is 6.55. The highest BCUT2D eigenvalue weighted by Crippen LogP contribution is 2.27. The second kappa shape index (κ2) is 9.09. The first-order valence-electron chi connectivity index (χ1n) is 9.10. The maximum Gasteiger partial charge on any atom is 0.313 e. The molecule has 0 unspecified atom stereocenters. The number of nitrogens with zero attached hydrogens (tertiary/aromatic N) is 4.